The van der Waals surface area contributed by atoms with E-state index in [4.69, 9.17) is 11.6 Å². The SMILES string of the molecule is Cc1ccc(N2CCN(C(=O)c3c(C)c(Cl)c(C)[nH]c3=O)C(C)C2)cc1. The van der Waals surface area contributed by atoms with E-state index in [1.165, 1.54) is 5.56 Å². The molecule has 1 unspecified atom stereocenters. The second-order valence-corrected chi connectivity index (χ2v) is 7.40. The van der Waals surface area contributed by atoms with Gasteiger partial charge in [0.2, 0.25) is 0 Å². The summed E-state index contributed by atoms with van der Waals surface area (Å²) in [6.45, 7) is 9.56. The summed E-state index contributed by atoms with van der Waals surface area (Å²) in [7, 11) is 0. The van der Waals surface area contributed by atoms with E-state index in [9.17, 15) is 9.59 Å². The number of hydrogen-bond donors (Lipinski definition) is 1. The number of carbonyl (C=O) groups is 1. The van der Waals surface area contributed by atoms with Crippen LogP contribution in [0, 0.1) is 20.8 Å². The van der Waals surface area contributed by atoms with Crippen LogP contribution in [0.3, 0.4) is 0 Å². The number of hydrogen-bond acceptors (Lipinski definition) is 3. The molecule has 1 aliphatic heterocycles. The van der Waals surface area contributed by atoms with Gasteiger partial charge in [0.1, 0.15) is 5.56 Å². The van der Waals surface area contributed by atoms with Crippen molar-refractivity contribution in [2.45, 2.75) is 33.7 Å². The van der Waals surface area contributed by atoms with E-state index < -0.39 is 0 Å². The van der Waals surface area contributed by atoms with Crippen molar-refractivity contribution in [1.29, 1.82) is 0 Å². The number of benzene rings is 1. The molecule has 26 heavy (non-hydrogen) atoms. The van der Waals surface area contributed by atoms with Gasteiger partial charge in [-0.15, -0.1) is 0 Å². The maximum absolute atomic E-state index is 13.0. The fraction of sp³-hybridized carbons (Fsp3) is 0.400. The number of rotatable bonds is 2. The van der Waals surface area contributed by atoms with E-state index in [1.807, 2.05) is 6.92 Å². The van der Waals surface area contributed by atoms with Crippen molar-refractivity contribution in [3.05, 3.63) is 62.0 Å². The van der Waals surface area contributed by atoms with Gasteiger partial charge >= 0.3 is 0 Å². The Bertz CT molecular complexity index is 889. The summed E-state index contributed by atoms with van der Waals surface area (Å²) in [6.07, 6.45) is 0. The minimum absolute atomic E-state index is 0.00330. The summed E-state index contributed by atoms with van der Waals surface area (Å²) in [6, 6.07) is 8.39. The summed E-state index contributed by atoms with van der Waals surface area (Å²) in [5.74, 6) is -0.248. The second-order valence-electron chi connectivity index (χ2n) is 7.02. The van der Waals surface area contributed by atoms with E-state index in [2.05, 4.69) is 41.1 Å². The van der Waals surface area contributed by atoms with Crippen molar-refractivity contribution in [2.75, 3.05) is 24.5 Å². The number of piperazine rings is 1. The van der Waals surface area contributed by atoms with E-state index in [0.717, 1.165) is 18.8 Å². The minimum atomic E-state index is -0.373. The number of pyridine rings is 1. The largest absolute Gasteiger partial charge is 0.368 e. The molecule has 0 spiro atoms. The van der Waals surface area contributed by atoms with Gasteiger partial charge in [0.15, 0.2) is 0 Å². The van der Waals surface area contributed by atoms with Crippen molar-refractivity contribution in [2.24, 2.45) is 0 Å². The molecule has 0 aliphatic carbocycles. The van der Waals surface area contributed by atoms with E-state index in [-0.39, 0.29) is 23.1 Å². The number of H-pyrrole nitrogens is 1. The number of carbonyl (C=O) groups excluding carboxylic acids is 1. The number of anilines is 1. The van der Waals surface area contributed by atoms with E-state index >= 15 is 0 Å². The smallest absolute Gasteiger partial charge is 0.261 e. The van der Waals surface area contributed by atoms with Crippen molar-refractivity contribution < 1.29 is 4.79 Å². The Hall–Kier alpha value is -2.27. The molecule has 2 aromatic rings. The molecule has 1 amide bonds. The summed E-state index contributed by atoms with van der Waals surface area (Å²) >= 11 is 6.24. The Kier molecular flexibility index (Phi) is 5.10. The Morgan fingerprint density at radius 1 is 1.15 bits per heavy atom. The first-order valence-corrected chi connectivity index (χ1v) is 9.19. The second kappa shape index (κ2) is 7.16. The lowest BCUT2D eigenvalue weighted by Gasteiger charge is -2.41. The molecular formula is C20H24ClN3O2. The van der Waals surface area contributed by atoms with Gasteiger partial charge in [-0.3, -0.25) is 9.59 Å². The fourth-order valence-corrected chi connectivity index (χ4v) is 3.64. The molecule has 0 radical (unpaired) electrons. The molecule has 2 heterocycles. The lowest BCUT2D eigenvalue weighted by Crippen LogP contribution is -2.55. The molecule has 1 atom stereocenters. The molecular weight excluding hydrogens is 350 g/mol. The Balaban J connectivity index is 1.82. The van der Waals surface area contributed by atoms with Crippen LogP contribution in [0.5, 0.6) is 0 Å². The zero-order valence-electron chi connectivity index (χ0n) is 15.6. The van der Waals surface area contributed by atoms with Crippen LogP contribution in [0.25, 0.3) is 0 Å². The average Bonchev–Trinajstić information content (AvgIpc) is 2.60. The minimum Gasteiger partial charge on any atom is -0.368 e. The van der Waals surface area contributed by atoms with Crippen molar-refractivity contribution in [3.63, 3.8) is 0 Å². The zero-order chi connectivity index (χ0) is 19.0. The molecule has 1 fully saturated rings. The Labute approximate surface area is 158 Å². The lowest BCUT2D eigenvalue weighted by molar-refractivity contribution is 0.0671. The van der Waals surface area contributed by atoms with Crippen molar-refractivity contribution in [3.8, 4) is 0 Å². The van der Waals surface area contributed by atoms with Gasteiger partial charge in [0.05, 0.1) is 5.02 Å². The standard InChI is InChI=1S/C20H24ClN3O2/c1-12-5-7-16(8-6-12)23-9-10-24(13(2)11-23)20(26)17-14(3)18(21)15(4)22-19(17)25/h5-8,13H,9-11H2,1-4H3,(H,22,25). The molecule has 1 aromatic carbocycles. The van der Waals surface area contributed by atoms with Gasteiger partial charge in [0.25, 0.3) is 11.5 Å². The van der Waals surface area contributed by atoms with Gasteiger partial charge in [-0.1, -0.05) is 29.3 Å². The first-order chi connectivity index (χ1) is 12.3. The predicted molar refractivity (Wildman–Crippen MR) is 105 cm³/mol. The molecule has 5 nitrogen and oxygen atoms in total. The first-order valence-electron chi connectivity index (χ1n) is 8.81. The van der Waals surface area contributed by atoms with Crippen molar-refractivity contribution >= 4 is 23.2 Å². The maximum atomic E-state index is 13.0. The molecule has 138 valence electrons. The maximum Gasteiger partial charge on any atom is 0.261 e. The highest BCUT2D eigenvalue weighted by Crippen LogP contribution is 2.23. The molecule has 6 heteroatoms. The first kappa shape index (κ1) is 18.5. The highest BCUT2D eigenvalue weighted by Gasteiger charge is 2.31. The van der Waals surface area contributed by atoms with Crippen LogP contribution in [-0.4, -0.2) is 41.5 Å². The van der Waals surface area contributed by atoms with Crippen LogP contribution >= 0.6 is 11.6 Å². The topological polar surface area (TPSA) is 56.4 Å². The molecule has 1 aliphatic rings. The number of nitrogens with one attached hydrogen (secondary N) is 1. The highest BCUT2D eigenvalue weighted by molar-refractivity contribution is 6.32. The Morgan fingerprint density at radius 2 is 1.81 bits per heavy atom. The molecule has 3 rings (SSSR count). The van der Waals surface area contributed by atoms with Crippen LogP contribution in [0.4, 0.5) is 5.69 Å². The third kappa shape index (κ3) is 3.36. The molecule has 1 aromatic heterocycles. The number of halogens is 1. The monoisotopic (exact) mass is 373 g/mol. The molecule has 0 saturated carbocycles. The van der Waals surface area contributed by atoms with E-state index in [0.29, 0.717) is 22.8 Å². The number of aromatic amines is 1. The van der Waals surface area contributed by atoms with Gasteiger partial charge in [0, 0.05) is 37.1 Å². The van der Waals surface area contributed by atoms with Gasteiger partial charge in [-0.25, -0.2) is 0 Å². The summed E-state index contributed by atoms with van der Waals surface area (Å²) in [4.78, 5) is 32.1. The summed E-state index contributed by atoms with van der Waals surface area (Å²) in [5.41, 5.74) is 3.29. The van der Waals surface area contributed by atoms with Crippen LogP contribution in [0.15, 0.2) is 29.1 Å². The molecule has 1 N–H and O–H groups in total. The average molecular weight is 374 g/mol. The van der Waals surface area contributed by atoms with Gasteiger partial charge < -0.3 is 14.8 Å². The number of aromatic nitrogens is 1. The highest BCUT2D eigenvalue weighted by atomic mass is 35.5. The lowest BCUT2D eigenvalue weighted by atomic mass is 10.1. The number of amides is 1. The van der Waals surface area contributed by atoms with Gasteiger partial charge in [-0.2, -0.15) is 0 Å². The predicted octanol–water partition coefficient (Wildman–Crippen LogP) is 3.30. The molecule has 1 saturated heterocycles. The van der Waals surface area contributed by atoms with E-state index in [1.54, 1.807) is 18.7 Å². The third-order valence-electron chi connectivity index (χ3n) is 5.06. The summed E-state index contributed by atoms with van der Waals surface area (Å²) in [5, 5.41) is 0.443. The number of nitrogens with zero attached hydrogens (tertiary/aromatic N) is 2. The fourth-order valence-electron chi connectivity index (χ4n) is 3.50. The van der Waals surface area contributed by atoms with Crippen molar-refractivity contribution in [1.82, 2.24) is 9.88 Å². The van der Waals surface area contributed by atoms with Crippen LogP contribution < -0.4 is 10.5 Å². The normalized spacial score (nSPS) is 17.5. The quantitative estimate of drug-likeness (QED) is 0.878. The van der Waals surface area contributed by atoms with Gasteiger partial charge in [-0.05, 0) is 45.4 Å². The summed E-state index contributed by atoms with van der Waals surface area (Å²) < 4.78 is 0. The van der Waals surface area contributed by atoms with Crippen LogP contribution in [0.1, 0.15) is 34.1 Å². The third-order valence-corrected chi connectivity index (χ3v) is 5.63. The Morgan fingerprint density at radius 3 is 2.42 bits per heavy atom. The van der Waals surface area contributed by atoms with Crippen LogP contribution in [-0.2, 0) is 0 Å². The zero-order valence-corrected chi connectivity index (χ0v) is 16.4. The number of aryl methyl sites for hydroxylation is 2. The molecule has 0 bridgehead atoms. The van der Waals surface area contributed by atoms with Crippen LogP contribution in [0.2, 0.25) is 5.02 Å².